The van der Waals surface area contributed by atoms with Crippen LogP contribution in [0.15, 0.2) is 22.8 Å². The molecule has 4 nitrogen and oxygen atoms in total. The maximum absolute atomic E-state index is 12.2. The van der Waals surface area contributed by atoms with Crippen LogP contribution in [0.5, 0.6) is 0 Å². The Morgan fingerprint density at radius 1 is 1.33 bits per heavy atom. The quantitative estimate of drug-likeness (QED) is 0.801. The number of carbonyl (C=O) groups excluding carboxylic acids is 1. The minimum atomic E-state index is 0.0347. The third-order valence-electron chi connectivity index (χ3n) is 3.13. The van der Waals surface area contributed by atoms with Crippen molar-refractivity contribution in [1.29, 1.82) is 0 Å². The predicted octanol–water partition coefficient (Wildman–Crippen LogP) is 2.01. The van der Waals surface area contributed by atoms with Crippen molar-refractivity contribution in [3.05, 3.63) is 28.5 Å². The van der Waals surface area contributed by atoms with Gasteiger partial charge >= 0.3 is 0 Å². The van der Waals surface area contributed by atoms with Gasteiger partial charge < -0.3 is 4.90 Å². The van der Waals surface area contributed by atoms with Crippen molar-refractivity contribution in [2.24, 2.45) is 0 Å². The van der Waals surface area contributed by atoms with E-state index in [1.165, 1.54) is 6.42 Å². The Balaban J connectivity index is 1.95. The van der Waals surface area contributed by atoms with Gasteiger partial charge in [0.05, 0.1) is 0 Å². The van der Waals surface area contributed by atoms with E-state index in [9.17, 15) is 4.79 Å². The number of nitrogens with zero attached hydrogens (tertiary/aromatic N) is 3. The van der Waals surface area contributed by atoms with E-state index in [4.69, 9.17) is 0 Å². The van der Waals surface area contributed by atoms with Gasteiger partial charge in [0.25, 0.3) is 5.91 Å². The standard InChI is InChI=1S/C13H18BrN3O/c1-2-6-16-7-9-17(10-8-16)13(18)11-4-3-5-12(14)15-11/h3-5H,2,6-10H2,1H3. The first-order chi connectivity index (χ1) is 8.70. The van der Waals surface area contributed by atoms with Gasteiger partial charge in [0.2, 0.25) is 0 Å². The maximum atomic E-state index is 12.2. The van der Waals surface area contributed by atoms with Crippen LogP contribution in [0.1, 0.15) is 23.8 Å². The first kappa shape index (κ1) is 13.5. The van der Waals surface area contributed by atoms with Crippen molar-refractivity contribution in [1.82, 2.24) is 14.8 Å². The normalized spacial score (nSPS) is 16.9. The van der Waals surface area contributed by atoms with Crippen LogP contribution in [-0.2, 0) is 0 Å². The number of amides is 1. The van der Waals surface area contributed by atoms with Gasteiger partial charge in [0.1, 0.15) is 10.3 Å². The van der Waals surface area contributed by atoms with Crippen LogP contribution in [0.2, 0.25) is 0 Å². The highest BCUT2D eigenvalue weighted by Crippen LogP contribution is 2.10. The Morgan fingerprint density at radius 3 is 2.67 bits per heavy atom. The van der Waals surface area contributed by atoms with Gasteiger partial charge in [-0.1, -0.05) is 13.0 Å². The maximum Gasteiger partial charge on any atom is 0.272 e. The highest BCUT2D eigenvalue weighted by Gasteiger charge is 2.22. The summed E-state index contributed by atoms with van der Waals surface area (Å²) in [5, 5.41) is 0. The summed E-state index contributed by atoms with van der Waals surface area (Å²) in [6, 6.07) is 5.44. The minimum absolute atomic E-state index is 0.0347. The molecular weight excluding hydrogens is 294 g/mol. The largest absolute Gasteiger partial charge is 0.335 e. The molecule has 0 aliphatic carbocycles. The molecule has 1 aromatic rings. The molecule has 0 bridgehead atoms. The van der Waals surface area contributed by atoms with Crippen molar-refractivity contribution in [3.63, 3.8) is 0 Å². The SMILES string of the molecule is CCCN1CCN(C(=O)c2cccc(Br)n2)CC1. The lowest BCUT2D eigenvalue weighted by Gasteiger charge is -2.34. The second-order valence-electron chi connectivity index (χ2n) is 4.48. The molecule has 0 spiro atoms. The number of rotatable bonds is 3. The average Bonchev–Trinajstić information content (AvgIpc) is 2.39. The first-order valence-electron chi connectivity index (χ1n) is 6.35. The fourth-order valence-corrected chi connectivity index (χ4v) is 2.52. The molecule has 0 atom stereocenters. The first-order valence-corrected chi connectivity index (χ1v) is 7.14. The molecule has 1 saturated heterocycles. The van der Waals surface area contributed by atoms with Gasteiger partial charge in [0, 0.05) is 26.2 Å². The van der Waals surface area contributed by atoms with Crippen LogP contribution in [0, 0.1) is 0 Å². The van der Waals surface area contributed by atoms with Crippen LogP contribution in [0.4, 0.5) is 0 Å². The summed E-state index contributed by atoms with van der Waals surface area (Å²) in [6.45, 7) is 6.83. The highest BCUT2D eigenvalue weighted by molar-refractivity contribution is 9.10. The highest BCUT2D eigenvalue weighted by atomic mass is 79.9. The number of piperazine rings is 1. The van der Waals surface area contributed by atoms with Gasteiger partial charge in [-0.15, -0.1) is 0 Å². The monoisotopic (exact) mass is 311 g/mol. The third kappa shape index (κ3) is 3.29. The van der Waals surface area contributed by atoms with Crippen molar-refractivity contribution in [2.75, 3.05) is 32.7 Å². The Labute approximate surface area is 116 Å². The molecule has 1 fully saturated rings. The Hall–Kier alpha value is -0.940. The molecule has 2 heterocycles. The van der Waals surface area contributed by atoms with Gasteiger partial charge in [-0.2, -0.15) is 0 Å². The van der Waals surface area contributed by atoms with Gasteiger partial charge in [-0.05, 0) is 41.0 Å². The van der Waals surface area contributed by atoms with E-state index in [-0.39, 0.29) is 5.91 Å². The zero-order valence-electron chi connectivity index (χ0n) is 10.6. The van der Waals surface area contributed by atoms with E-state index in [1.807, 2.05) is 17.0 Å². The van der Waals surface area contributed by atoms with E-state index in [0.717, 1.165) is 32.7 Å². The molecule has 2 rings (SSSR count). The minimum Gasteiger partial charge on any atom is -0.335 e. The zero-order chi connectivity index (χ0) is 13.0. The molecular formula is C13H18BrN3O. The van der Waals surface area contributed by atoms with Crippen molar-refractivity contribution < 1.29 is 4.79 Å². The van der Waals surface area contributed by atoms with Crippen LogP contribution in [-0.4, -0.2) is 53.4 Å². The summed E-state index contributed by atoms with van der Waals surface area (Å²) >= 11 is 3.29. The van der Waals surface area contributed by atoms with Crippen LogP contribution >= 0.6 is 15.9 Å². The molecule has 0 radical (unpaired) electrons. The molecule has 1 amide bonds. The van der Waals surface area contributed by atoms with Crippen LogP contribution in [0.25, 0.3) is 0 Å². The molecule has 1 aliphatic heterocycles. The number of hydrogen-bond donors (Lipinski definition) is 0. The Morgan fingerprint density at radius 2 is 2.06 bits per heavy atom. The molecule has 0 aromatic carbocycles. The molecule has 18 heavy (non-hydrogen) atoms. The topological polar surface area (TPSA) is 36.4 Å². The van der Waals surface area contributed by atoms with Crippen LogP contribution < -0.4 is 0 Å². The second kappa shape index (κ2) is 6.29. The molecule has 98 valence electrons. The number of aromatic nitrogens is 1. The molecule has 0 unspecified atom stereocenters. The van der Waals surface area contributed by atoms with Crippen LogP contribution in [0.3, 0.4) is 0 Å². The van der Waals surface area contributed by atoms with E-state index >= 15 is 0 Å². The summed E-state index contributed by atoms with van der Waals surface area (Å²) in [5.74, 6) is 0.0347. The fourth-order valence-electron chi connectivity index (χ4n) is 2.18. The van der Waals surface area contributed by atoms with Gasteiger partial charge in [-0.3, -0.25) is 9.69 Å². The average molecular weight is 312 g/mol. The van der Waals surface area contributed by atoms with Gasteiger partial charge in [-0.25, -0.2) is 4.98 Å². The lowest BCUT2D eigenvalue weighted by Crippen LogP contribution is -2.48. The Kier molecular flexibility index (Phi) is 4.72. The zero-order valence-corrected chi connectivity index (χ0v) is 12.2. The van der Waals surface area contributed by atoms with Crippen molar-refractivity contribution in [2.45, 2.75) is 13.3 Å². The number of carbonyl (C=O) groups is 1. The number of hydrogen-bond acceptors (Lipinski definition) is 3. The second-order valence-corrected chi connectivity index (χ2v) is 5.29. The third-order valence-corrected chi connectivity index (χ3v) is 3.58. The lowest BCUT2D eigenvalue weighted by molar-refractivity contribution is 0.0631. The van der Waals surface area contributed by atoms with Crippen molar-refractivity contribution in [3.8, 4) is 0 Å². The van der Waals surface area contributed by atoms with E-state index < -0.39 is 0 Å². The predicted molar refractivity (Wildman–Crippen MR) is 74.6 cm³/mol. The summed E-state index contributed by atoms with van der Waals surface area (Å²) < 4.78 is 0.706. The summed E-state index contributed by atoms with van der Waals surface area (Å²) in [4.78, 5) is 20.7. The fraction of sp³-hybridized carbons (Fsp3) is 0.538. The summed E-state index contributed by atoms with van der Waals surface area (Å²) in [5.41, 5.74) is 0.522. The number of halogens is 1. The van der Waals surface area contributed by atoms with E-state index in [2.05, 4.69) is 32.7 Å². The molecule has 1 aromatic heterocycles. The number of pyridine rings is 1. The van der Waals surface area contributed by atoms with E-state index in [0.29, 0.717) is 10.3 Å². The lowest BCUT2D eigenvalue weighted by atomic mass is 10.2. The van der Waals surface area contributed by atoms with E-state index in [1.54, 1.807) is 6.07 Å². The smallest absolute Gasteiger partial charge is 0.272 e. The summed E-state index contributed by atoms with van der Waals surface area (Å²) in [7, 11) is 0. The molecule has 1 aliphatic rings. The molecule has 0 saturated carbocycles. The Bertz CT molecular complexity index is 416. The molecule has 5 heteroatoms. The van der Waals surface area contributed by atoms with Crippen molar-refractivity contribution >= 4 is 21.8 Å². The van der Waals surface area contributed by atoms with Gasteiger partial charge in [0.15, 0.2) is 0 Å². The summed E-state index contributed by atoms with van der Waals surface area (Å²) in [6.07, 6.45) is 1.17. The molecule has 0 N–H and O–H groups in total.